The topological polar surface area (TPSA) is 21.3 Å². The van der Waals surface area contributed by atoms with Gasteiger partial charge in [-0.2, -0.15) is 0 Å². The zero-order chi connectivity index (χ0) is 14.4. The zero-order valence-electron chi connectivity index (χ0n) is 12.7. The highest BCUT2D eigenvalue weighted by Crippen LogP contribution is 2.34. The molecule has 20 heavy (non-hydrogen) atoms. The Bertz CT molecular complexity index is 433. The molecule has 0 spiro atoms. The number of ether oxygens (including phenoxy) is 1. The molecule has 0 fully saturated rings. The average molecular weight is 296 g/mol. The van der Waals surface area contributed by atoms with Crippen molar-refractivity contribution in [2.24, 2.45) is 5.92 Å². The van der Waals surface area contributed by atoms with Crippen LogP contribution in [-0.4, -0.2) is 19.7 Å². The molecule has 1 aliphatic heterocycles. The van der Waals surface area contributed by atoms with Gasteiger partial charge in [0.05, 0.1) is 6.61 Å². The van der Waals surface area contributed by atoms with E-state index in [0.29, 0.717) is 0 Å². The van der Waals surface area contributed by atoms with Crippen molar-refractivity contribution in [1.82, 2.24) is 5.32 Å². The van der Waals surface area contributed by atoms with E-state index in [1.807, 2.05) is 6.07 Å². The number of fused-ring (bicyclic) bond motifs is 1. The summed E-state index contributed by atoms with van der Waals surface area (Å²) >= 11 is 6.20. The Labute approximate surface area is 127 Å². The quantitative estimate of drug-likeness (QED) is 0.725. The first-order valence-electron chi connectivity index (χ1n) is 7.85. The van der Waals surface area contributed by atoms with Crippen LogP contribution < -0.4 is 10.1 Å². The van der Waals surface area contributed by atoms with Crippen LogP contribution in [0.2, 0.25) is 5.02 Å². The van der Waals surface area contributed by atoms with Gasteiger partial charge in [-0.3, -0.25) is 0 Å². The van der Waals surface area contributed by atoms with Crippen LogP contribution in [0.25, 0.3) is 0 Å². The summed E-state index contributed by atoms with van der Waals surface area (Å²) in [6.07, 6.45) is 5.71. The van der Waals surface area contributed by atoms with Gasteiger partial charge in [-0.25, -0.2) is 0 Å². The third-order valence-corrected chi connectivity index (χ3v) is 4.19. The highest BCUT2D eigenvalue weighted by molar-refractivity contribution is 6.30. The lowest BCUT2D eigenvalue weighted by molar-refractivity contribution is 0.352. The van der Waals surface area contributed by atoms with Gasteiger partial charge in [-0.15, -0.1) is 0 Å². The first-order chi connectivity index (χ1) is 9.70. The second-order valence-electron chi connectivity index (χ2n) is 5.83. The van der Waals surface area contributed by atoms with Gasteiger partial charge in [0, 0.05) is 11.4 Å². The number of benzene rings is 1. The Kier molecular flexibility index (Phi) is 6.18. The van der Waals surface area contributed by atoms with Gasteiger partial charge in [-0.1, -0.05) is 25.4 Å². The molecule has 0 saturated carbocycles. The molecule has 1 unspecified atom stereocenters. The standard InChI is InChI=1S/C17H26ClNO/c1-3-8-19-9-6-13(2)4-5-14-11-16(18)12-15-7-10-20-17(14)15/h11-13,19H,3-10H2,1-2H3. The molecule has 3 heteroatoms. The second kappa shape index (κ2) is 7.90. The largest absolute Gasteiger partial charge is 0.493 e. The SMILES string of the molecule is CCCNCCC(C)CCc1cc(Cl)cc2c1OCC2. The van der Waals surface area contributed by atoms with Gasteiger partial charge in [0.2, 0.25) is 0 Å². The molecule has 1 heterocycles. The predicted octanol–water partition coefficient (Wildman–Crippen LogP) is 4.23. The summed E-state index contributed by atoms with van der Waals surface area (Å²) in [6.45, 7) is 7.59. The van der Waals surface area contributed by atoms with E-state index in [0.717, 1.165) is 49.2 Å². The van der Waals surface area contributed by atoms with Gasteiger partial charge in [-0.05, 0) is 68.0 Å². The Hall–Kier alpha value is -0.730. The third kappa shape index (κ3) is 4.39. The van der Waals surface area contributed by atoms with Crippen molar-refractivity contribution >= 4 is 11.6 Å². The summed E-state index contributed by atoms with van der Waals surface area (Å²) in [4.78, 5) is 0. The molecular formula is C17H26ClNO. The van der Waals surface area contributed by atoms with E-state index >= 15 is 0 Å². The molecule has 0 aliphatic carbocycles. The Morgan fingerprint density at radius 2 is 2.15 bits per heavy atom. The smallest absolute Gasteiger partial charge is 0.125 e. The number of hydrogen-bond donors (Lipinski definition) is 1. The molecule has 1 atom stereocenters. The lowest BCUT2D eigenvalue weighted by Crippen LogP contribution is -2.18. The summed E-state index contributed by atoms with van der Waals surface area (Å²) in [5.74, 6) is 1.83. The van der Waals surface area contributed by atoms with Crippen molar-refractivity contribution in [2.45, 2.75) is 46.0 Å². The van der Waals surface area contributed by atoms with Crippen LogP contribution in [0, 0.1) is 5.92 Å². The molecule has 1 N–H and O–H groups in total. The minimum atomic E-state index is 0.732. The van der Waals surface area contributed by atoms with E-state index in [9.17, 15) is 0 Å². The minimum absolute atomic E-state index is 0.732. The van der Waals surface area contributed by atoms with Gasteiger partial charge >= 0.3 is 0 Å². The summed E-state index contributed by atoms with van der Waals surface area (Å²) in [6, 6.07) is 4.12. The van der Waals surface area contributed by atoms with Crippen molar-refractivity contribution in [3.8, 4) is 5.75 Å². The number of hydrogen-bond acceptors (Lipinski definition) is 2. The molecule has 0 bridgehead atoms. The van der Waals surface area contributed by atoms with Crippen LogP contribution in [0.5, 0.6) is 5.75 Å². The van der Waals surface area contributed by atoms with E-state index < -0.39 is 0 Å². The zero-order valence-corrected chi connectivity index (χ0v) is 13.4. The van der Waals surface area contributed by atoms with E-state index in [4.69, 9.17) is 16.3 Å². The maximum atomic E-state index is 6.20. The van der Waals surface area contributed by atoms with Crippen LogP contribution in [0.3, 0.4) is 0 Å². The van der Waals surface area contributed by atoms with Crippen molar-refractivity contribution in [3.63, 3.8) is 0 Å². The van der Waals surface area contributed by atoms with Crippen molar-refractivity contribution in [3.05, 3.63) is 28.3 Å². The van der Waals surface area contributed by atoms with Crippen LogP contribution in [0.1, 0.15) is 44.2 Å². The maximum absolute atomic E-state index is 6.20. The Morgan fingerprint density at radius 3 is 2.95 bits per heavy atom. The Balaban J connectivity index is 1.82. The molecule has 0 aromatic heterocycles. The monoisotopic (exact) mass is 295 g/mol. The van der Waals surface area contributed by atoms with E-state index in [1.54, 1.807) is 0 Å². The summed E-state index contributed by atoms with van der Waals surface area (Å²) in [5.41, 5.74) is 2.57. The van der Waals surface area contributed by atoms with Crippen molar-refractivity contribution < 1.29 is 4.74 Å². The number of rotatable bonds is 8. The van der Waals surface area contributed by atoms with Crippen LogP contribution in [0.15, 0.2) is 12.1 Å². The van der Waals surface area contributed by atoms with Gasteiger partial charge in [0.15, 0.2) is 0 Å². The van der Waals surface area contributed by atoms with Gasteiger partial charge < -0.3 is 10.1 Å². The fourth-order valence-electron chi connectivity index (χ4n) is 2.73. The molecule has 1 aromatic rings. The fourth-order valence-corrected chi connectivity index (χ4v) is 2.99. The van der Waals surface area contributed by atoms with Crippen molar-refractivity contribution in [2.75, 3.05) is 19.7 Å². The number of aryl methyl sites for hydroxylation is 1. The Morgan fingerprint density at radius 1 is 1.30 bits per heavy atom. The molecule has 0 saturated heterocycles. The maximum Gasteiger partial charge on any atom is 0.125 e. The van der Waals surface area contributed by atoms with Crippen LogP contribution >= 0.6 is 11.6 Å². The fraction of sp³-hybridized carbons (Fsp3) is 0.647. The molecular weight excluding hydrogens is 270 g/mol. The van der Waals surface area contributed by atoms with E-state index in [-0.39, 0.29) is 0 Å². The molecule has 2 rings (SSSR count). The lowest BCUT2D eigenvalue weighted by atomic mass is 9.96. The minimum Gasteiger partial charge on any atom is -0.493 e. The van der Waals surface area contributed by atoms with Crippen LogP contribution in [-0.2, 0) is 12.8 Å². The molecule has 0 amide bonds. The van der Waals surface area contributed by atoms with Crippen LogP contribution in [0.4, 0.5) is 0 Å². The van der Waals surface area contributed by atoms with Crippen molar-refractivity contribution in [1.29, 1.82) is 0 Å². The van der Waals surface area contributed by atoms with E-state index in [2.05, 4.69) is 25.2 Å². The normalized spacial score (nSPS) is 14.9. The highest BCUT2D eigenvalue weighted by atomic mass is 35.5. The van der Waals surface area contributed by atoms with Gasteiger partial charge in [0.25, 0.3) is 0 Å². The van der Waals surface area contributed by atoms with E-state index in [1.165, 1.54) is 30.4 Å². The number of halogens is 1. The molecule has 112 valence electrons. The highest BCUT2D eigenvalue weighted by Gasteiger charge is 2.17. The van der Waals surface area contributed by atoms with Gasteiger partial charge in [0.1, 0.15) is 5.75 Å². The average Bonchev–Trinajstić information content (AvgIpc) is 2.89. The number of nitrogens with one attached hydrogen (secondary N) is 1. The summed E-state index contributed by atoms with van der Waals surface area (Å²) in [5, 5.41) is 4.32. The predicted molar refractivity (Wildman–Crippen MR) is 85.9 cm³/mol. The second-order valence-corrected chi connectivity index (χ2v) is 6.27. The molecule has 0 radical (unpaired) electrons. The molecule has 2 nitrogen and oxygen atoms in total. The first kappa shape index (κ1) is 15.7. The summed E-state index contributed by atoms with van der Waals surface area (Å²) in [7, 11) is 0. The molecule has 1 aliphatic rings. The summed E-state index contributed by atoms with van der Waals surface area (Å²) < 4.78 is 5.76. The first-order valence-corrected chi connectivity index (χ1v) is 8.23. The third-order valence-electron chi connectivity index (χ3n) is 3.97. The lowest BCUT2D eigenvalue weighted by Gasteiger charge is -2.14. The molecule has 1 aromatic carbocycles.